The first kappa shape index (κ1) is 21.1. The van der Waals surface area contributed by atoms with Crippen molar-refractivity contribution in [3.63, 3.8) is 0 Å². The molecule has 6 heteroatoms. The molecule has 0 saturated heterocycles. The van der Waals surface area contributed by atoms with Crippen molar-refractivity contribution in [3.05, 3.63) is 90.0 Å². The Kier molecular flexibility index (Phi) is 5.98. The summed E-state index contributed by atoms with van der Waals surface area (Å²) in [5.41, 5.74) is 4.52. The monoisotopic (exact) mass is 441 g/mol. The van der Waals surface area contributed by atoms with Crippen LogP contribution in [0.1, 0.15) is 30.4 Å². The van der Waals surface area contributed by atoms with E-state index in [-0.39, 0.29) is 24.5 Å². The Morgan fingerprint density at radius 3 is 2.52 bits per heavy atom. The van der Waals surface area contributed by atoms with Crippen LogP contribution in [0, 0.1) is 5.92 Å². The fourth-order valence-corrected chi connectivity index (χ4v) is 4.69. The van der Waals surface area contributed by atoms with Crippen molar-refractivity contribution in [1.82, 2.24) is 0 Å². The molecule has 3 aromatic rings. The molecule has 1 saturated carbocycles. The molecule has 0 aromatic heterocycles. The Morgan fingerprint density at radius 1 is 0.939 bits per heavy atom. The van der Waals surface area contributed by atoms with Crippen molar-refractivity contribution >= 4 is 29.1 Å². The van der Waals surface area contributed by atoms with Gasteiger partial charge in [0, 0.05) is 11.7 Å². The summed E-state index contributed by atoms with van der Waals surface area (Å²) in [5, 5.41) is 6.35. The highest BCUT2D eigenvalue weighted by Crippen LogP contribution is 2.39. The lowest BCUT2D eigenvalue weighted by atomic mass is 10.0. The Labute approximate surface area is 193 Å². The van der Waals surface area contributed by atoms with E-state index in [1.54, 1.807) is 0 Å². The molecule has 6 nitrogen and oxygen atoms in total. The number of ether oxygens (including phenoxy) is 1. The number of rotatable bonds is 5. The molecule has 0 spiro atoms. The van der Waals surface area contributed by atoms with Crippen LogP contribution in [-0.4, -0.2) is 18.0 Å². The number of hydrogen-bond acceptors (Lipinski definition) is 4. The maximum Gasteiger partial charge on any atom is 0.411 e. The first-order valence-electron chi connectivity index (χ1n) is 11.4. The average Bonchev–Trinajstić information content (AvgIpc) is 3.27. The lowest BCUT2D eigenvalue weighted by molar-refractivity contribution is -0.122. The number of carbonyl (C=O) groups excluding carboxylic acids is 2. The van der Waals surface area contributed by atoms with Crippen LogP contribution in [0.5, 0.6) is 0 Å². The lowest BCUT2D eigenvalue weighted by Gasteiger charge is -2.25. The van der Waals surface area contributed by atoms with Crippen molar-refractivity contribution in [2.75, 3.05) is 15.5 Å². The SMILES string of the molecule is O=C(Nc1ccc(CN2C(=O)C3CCCC3Nc3ccccc32)cc1)OCc1ccccc1. The third kappa shape index (κ3) is 4.70. The van der Waals surface area contributed by atoms with Gasteiger partial charge in [-0.1, -0.05) is 61.0 Å². The van der Waals surface area contributed by atoms with Crippen LogP contribution in [0.3, 0.4) is 0 Å². The number of carbonyl (C=O) groups is 2. The van der Waals surface area contributed by atoms with E-state index in [1.165, 1.54) is 0 Å². The van der Waals surface area contributed by atoms with E-state index in [0.717, 1.165) is 41.8 Å². The largest absolute Gasteiger partial charge is 0.444 e. The highest BCUT2D eigenvalue weighted by atomic mass is 16.5. The highest BCUT2D eigenvalue weighted by Gasteiger charge is 2.39. The van der Waals surface area contributed by atoms with Crippen molar-refractivity contribution < 1.29 is 14.3 Å². The summed E-state index contributed by atoms with van der Waals surface area (Å²) in [6.07, 6.45) is 2.53. The zero-order valence-corrected chi connectivity index (χ0v) is 18.4. The van der Waals surface area contributed by atoms with Crippen molar-refractivity contribution in [2.24, 2.45) is 5.92 Å². The second-order valence-electron chi connectivity index (χ2n) is 8.61. The number of anilines is 3. The van der Waals surface area contributed by atoms with E-state index >= 15 is 0 Å². The lowest BCUT2D eigenvalue weighted by Crippen LogP contribution is -2.38. The second-order valence-corrected chi connectivity index (χ2v) is 8.61. The molecular formula is C27H27N3O3. The molecule has 2 atom stereocenters. The molecule has 33 heavy (non-hydrogen) atoms. The molecular weight excluding hydrogens is 414 g/mol. The van der Waals surface area contributed by atoms with Gasteiger partial charge in [-0.05, 0) is 48.2 Å². The summed E-state index contributed by atoms with van der Waals surface area (Å²) in [6, 6.07) is 25.3. The maximum absolute atomic E-state index is 13.4. The van der Waals surface area contributed by atoms with Gasteiger partial charge >= 0.3 is 6.09 Å². The van der Waals surface area contributed by atoms with Crippen LogP contribution in [-0.2, 0) is 22.7 Å². The van der Waals surface area contributed by atoms with Gasteiger partial charge in [0.15, 0.2) is 0 Å². The zero-order valence-electron chi connectivity index (χ0n) is 18.4. The molecule has 0 bridgehead atoms. The van der Waals surface area contributed by atoms with E-state index in [2.05, 4.69) is 10.6 Å². The minimum atomic E-state index is -0.499. The van der Waals surface area contributed by atoms with Gasteiger partial charge in [0.2, 0.25) is 5.91 Å². The minimum Gasteiger partial charge on any atom is -0.444 e. The average molecular weight is 442 g/mol. The predicted octanol–water partition coefficient (Wildman–Crippen LogP) is 5.56. The summed E-state index contributed by atoms with van der Waals surface area (Å²) < 4.78 is 5.28. The van der Waals surface area contributed by atoms with Crippen LogP contribution < -0.4 is 15.5 Å². The third-order valence-electron chi connectivity index (χ3n) is 6.39. The van der Waals surface area contributed by atoms with Gasteiger partial charge in [-0.2, -0.15) is 0 Å². The Balaban J connectivity index is 1.25. The molecule has 3 aromatic carbocycles. The Bertz CT molecular complexity index is 1130. The van der Waals surface area contributed by atoms with Gasteiger partial charge in [-0.15, -0.1) is 0 Å². The molecule has 1 fully saturated rings. The van der Waals surface area contributed by atoms with Crippen LogP contribution in [0.25, 0.3) is 0 Å². The number of hydrogen-bond donors (Lipinski definition) is 2. The number of nitrogens with zero attached hydrogens (tertiary/aromatic N) is 1. The summed E-state index contributed by atoms with van der Waals surface area (Å²) in [5.74, 6) is 0.194. The second kappa shape index (κ2) is 9.36. The fourth-order valence-electron chi connectivity index (χ4n) is 4.69. The van der Waals surface area contributed by atoms with E-state index < -0.39 is 6.09 Å². The highest BCUT2D eigenvalue weighted by molar-refractivity contribution is 6.00. The van der Waals surface area contributed by atoms with Gasteiger partial charge < -0.3 is 15.0 Å². The molecule has 168 valence electrons. The van der Waals surface area contributed by atoms with Crippen molar-refractivity contribution in [2.45, 2.75) is 38.5 Å². The summed E-state index contributed by atoms with van der Waals surface area (Å²) in [4.78, 5) is 27.4. The molecule has 2 aliphatic rings. The molecule has 2 amide bonds. The molecule has 1 aliphatic carbocycles. The number of fused-ring (bicyclic) bond motifs is 2. The summed E-state index contributed by atoms with van der Waals surface area (Å²) in [7, 11) is 0. The molecule has 2 unspecified atom stereocenters. The van der Waals surface area contributed by atoms with E-state index in [1.807, 2.05) is 83.8 Å². The topological polar surface area (TPSA) is 70.7 Å². The zero-order chi connectivity index (χ0) is 22.6. The first-order chi connectivity index (χ1) is 16.2. The summed E-state index contributed by atoms with van der Waals surface area (Å²) in [6.45, 7) is 0.705. The fraction of sp³-hybridized carbons (Fsp3) is 0.259. The standard InChI is InChI=1S/C27H27N3O3/c31-26-22-9-6-11-23(22)29-24-10-4-5-12-25(24)30(26)17-19-13-15-21(16-14-19)28-27(32)33-18-20-7-2-1-3-8-20/h1-5,7-8,10,12-16,22-23,29H,6,9,11,17-18H2,(H,28,32). The van der Waals surface area contributed by atoms with Gasteiger partial charge in [0.1, 0.15) is 6.61 Å². The minimum absolute atomic E-state index is 0.0118. The number of para-hydroxylation sites is 2. The van der Waals surface area contributed by atoms with E-state index in [0.29, 0.717) is 12.2 Å². The number of nitrogens with one attached hydrogen (secondary N) is 2. The summed E-state index contributed by atoms with van der Waals surface area (Å²) >= 11 is 0. The molecule has 1 heterocycles. The van der Waals surface area contributed by atoms with Gasteiger partial charge in [0.25, 0.3) is 0 Å². The number of benzene rings is 3. The van der Waals surface area contributed by atoms with Crippen LogP contribution in [0.4, 0.5) is 21.9 Å². The van der Waals surface area contributed by atoms with Crippen LogP contribution in [0.2, 0.25) is 0 Å². The molecule has 1 aliphatic heterocycles. The van der Waals surface area contributed by atoms with E-state index in [4.69, 9.17) is 4.74 Å². The first-order valence-corrected chi connectivity index (χ1v) is 11.4. The molecule has 0 radical (unpaired) electrons. The normalized spacial score (nSPS) is 19.2. The Hall–Kier alpha value is -3.80. The smallest absolute Gasteiger partial charge is 0.411 e. The maximum atomic E-state index is 13.4. The van der Waals surface area contributed by atoms with Crippen molar-refractivity contribution in [3.8, 4) is 0 Å². The van der Waals surface area contributed by atoms with Gasteiger partial charge in [-0.3, -0.25) is 10.1 Å². The predicted molar refractivity (Wildman–Crippen MR) is 129 cm³/mol. The van der Waals surface area contributed by atoms with Crippen molar-refractivity contribution in [1.29, 1.82) is 0 Å². The Morgan fingerprint density at radius 2 is 1.70 bits per heavy atom. The molecule has 2 N–H and O–H groups in total. The quantitative estimate of drug-likeness (QED) is 0.544. The van der Waals surface area contributed by atoms with Crippen LogP contribution in [0.15, 0.2) is 78.9 Å². The molecule has 5 rings (SSSR count). The van der Waals surface area contributed by atoms with Crippen LogP contribution >= 0.6 is 0 Å². The van der Waals surface area contributed by atoms with E-state index in [9.17, 15) is 9.59 Å². The van der Waals surface area contributed by atoms with Gasteiger partial charge in [0.05, 0.1) is 23.8 Å². The number of amides is 2. The van der Waals surface area contributed by atoms with Gasteiger partial charge in [-0.25, -0.2) is 4.79 Å². The third-order valence-corrected chi connectivity index (χ3v) is 6.39.